The van der Waals surface area contributed by atoms with E-state index in [-0.39, 0.29) is 24.9 Å². The zero-order valence-electron chi connectivity index (χ0n) is 14.1. The van der Waals surface area contributed by atoms with Gasteiger partial charge in [-0.15, -0.1) is 0 Å². The second kappa shape index (κ2) is 8.26. The van der Waals surface area contributed by atoms with Crippen molar-refractivity contribution in [3.63, 3.8) is 0 Å². The van der Waals surface area contributed by atoms with Crippen LogP contribution in [0.2, 0.25) is 0 Å². The minimum atomic E-state index is -0.320. The number of rotatable bonds is 7. The predicted molar refractivity (Wildman–Crippen MR) is 93.2 cm³/mol. The van der Waals surface area contributed by atoms with Crippen molar-refractivity contribution in [1.82, 2.24) is 5.16 Å². The van der Waals surface area contributed by atoms with Crippen molar-refractivity contribution < 1.29 is 23.2 Å². The summed E-state index contributed by atoms with van der Waals surface area (Å²) in [5.41, 5.74) is 1.87. The monoisotopic (exact) mass is 356 g/mol. The summed E-state index contributed by atoms with van der Waals surface area (Å²) in [6.07, 6.45) is 0. The van der Waals surface area contributed by atoms with E-state index in [2.05, 4.69) is 10.5 Å². The molecule has 134 valence electrons. The lowest BCUT2D eigenvalue weighted by Gasteiger charge is -2.07. The van der Waals surface area contributed by atoms with Gasteiger partial charge in [-0.2, -0.15) is 0 Å². The fourth-order valence-corrected chi connectivity index (χ4v) is 2.28. The maximum Gasteiger partial charge on any atom is 0.250 e. The number of halogens is 1. The number of hydrogen-bond donors (Lipinski definition) is 1. The average molecular weight is 356 g/mol. The van der Waals surface area contributed by atoms with Gasteiger partial charge in [0.15, 0.2) is 5.76 Å². The van der Waals surface area contributed by atoms with E-state index in [0.717, 1.165) is 0 Å². The van der Waals surface area contributed by atoms with Crippen LogP contribution < -0.4 is 10.1 Å². The fraction of sp³-hybridized carbons (Fsp3) is 0.158. The molecule has 0 atom stereocenters. The SMILES string of the molecule is COc1cccc(NC(=O)COCc2cc(-c3ccc(F)cc3)on2)c1. The molecule has 0 spiro atoms. The van der Waals surface area contributed by atoms with Crippen LogP contribution in [-0.4, -0.2) is 24.8 Å². The zero-order valence-corrected chi connectivity index (χ0v) is 14.1. The molecule has 1 N–H and O–H groups in total. The first-order valence-corrected chi connectivity index (χ1v) is 7.87. The zero-order chi connectivity index (χ0) is 18.4. The lowest BCUT2D eigenvalue weighted by molar-refractivity contribution is -0.121. The minimum Gasteiger partial charge on any atom is -0.497 e. The molecule has 1 heterocycles. The molecule has 0 aliphatic rings. The fourth-order valence-electron chi connectivity index (χ4n) is 2.28. The van der Waals surface area contributed by atoms with Crippen molar-refractivity contribution in [3.05, 3.63) is 66.1 Å². The van der Waals surface area contributed by atoms with Crippen LogP contribution in [0.5, 0.6) is 5.75 Å². The van der Waals surface area contributed by atoms with Crippen LogP contribution in [0.25, 0.3) is 11.3 Å². The van der Waals surface area contributed by atoms with Gasteiger partial charge >= 0.3 is 0 Å². The van der Waals surface area contributed by atoms with Crippen LogP contribution in [0.15, 0.2) is 59.1 Å². The molecule has 26 heavy (non-hydrogen) atoms. The molecule has 0 saturated heterocycles. The summed E-state index contributed by atoms with van der Waals surface area (Å²) >= 11 is 0. The lowest BCUT2D eigenvalue weighted by Crippen LogP contribution is -2.18. The molecule has 0 unspecified atom stereocenters. The Bertz CT molecular complexity index is 877. The van der Waals surface area contributed by atoms with Gasteiger partial charge in [0.1, 0.15) is 23.9 Å². The molecule has 0 bridgehead atoms. The Labute approximate surface area is 149 Å². The number of nitrogens with one attached hydrogen (secondary N) is 1. The molecule has 0 fully saturated rings. The predicted octanol–water partition coefficient (Wildman–Crippen LogP) is 3.64. The van der Waals surface area contributed by atoms with E-state index in [9.17, 15) is 9.18 Å². The van der Waals surface area contributed by atoms with E-state index >= 15 is 0 Å². The molecule has 0 radical (unpaired) electrons. The highest BCUT2D eigenvalue weighted by Gasteiger charge is 2.09. The smallest absolute Gasteiger partial charge is 0.250 e. The van der Waals surface area contributed by atoms with Crippen molar-refractivity contribution in [2.75, 3.05) is 19.0 Å². The number of hydrogen-bond acceptors (Lipinski definition) is 5. The van der Waals surface area contributed by atoms with Crippen molar-refractivity contribution in [3.8, 4) is 17.1 Å². The van der Waals surface area contributed by atoms with E-state index in [0.29, 0.717) is 28.5 Å². The molecule has 0 aliphatic heterocycles. The first kappa shape index (κ1) is 17.6. The van der Waals surface area contributed by atoms with Crippen molar-refractivity contribution in [2.24, 2.45) is 0 Å². The van der Waals surface area contributed by atoms with Gasteiger partial charge in [-0.1, -0.05) is 11.2 Å². The maximum atomic E-state index is 12.9. The molecular weight excluding hydrogens is 339 g/mol. The molecule has 2 aromatic carbocycles. The maximum absolute atomic E-state index is 12.9. The summed E-state index contributed by atoms with van der Waals surface area (Å²) in [5, 5.41) is 6.59. The standard InChI is InChI=1S/C19H17FN2O4/c1-24-17-4-2-3-15(9-17)21-19(23)12-25-11-16-10-18(26-22-16)13-5-7-14(20)8-6-13/h2-10H,11-12H2,1H3,(H,21,23). The Morgan fingerprint density at radius 1 is 1.19 bits per heavy atom. The summed E-state index contributed by atoms with van der Waals surface area (Å²) in [6.45, 7) is -0.00776. The Morgan fingerprint density at radius 2 is 2.00 bits per heavy atom. The average Bonchev–Trinajstić information content (AvgIpc) is 3.11. The molecule has 0 saturated carbocycles. The highest BCUT2D eigenvalue weighted by Crippen LogP contribution is 2.21. The number of anilines is 1. The van der Waals surface area contributed by atoms with Crippen LogP contribution in [0, 0.1) is 5.82 Å². The number of amides is 1. The highest BCUT2D eigenvalue weighted by atomic mass is 19.1. The van der Waals surface area contributed by atoms with E-state index in [4.69, 9.17) is 14.0 Å². The molecule has 1 amide bonds. The quantitative estimate of drug-likeness (QED) is 0.700. The number of carbonyl (C=O) groups is 1. The summed E-state index contributed by atoms with van der Waals surface area (Å²) in [6, 6.07) is 14.6. The Morgan fingerprint density at radius 3 is 2.77 bits per heavy atom. The van der Waals surface area contributed by atoms with E-state index < -0.39 is 0 Å². The van der Waals surface area contributed by atoms with Gasteiger partial charge in [-0.3, -0.25) is 4.79 Å². The number of ether oxygens (including phenoxy) is 2. The number of methoxy groups -OCH3 is 1. The first-order valence-electron chi connectivity index (χ1n) is 7.87. The van der Waals surface area contributed by atoms with Crippen LogP contribution in [0.1, 0.15) is 5.69 Å². The summed E-state index contributed by atoms with van der Waals surface area (Å²) in [5.74, 6) is 0.545. The van der Waals surface area contributed by atoms with Gasteiger partial charge in [-0.25, -0.2) is 4.39 Å². The number of carbonyl (C=O) groups excluding carboxylic acids is 1. The number of benzene rings is 2. The van der Waals surface area contributed by atoms with Crippen LogP contribution >= 0.6 is 0 Å². The number of aromatic nitrogens is 1. The van der Waals surface area contributed by atoms with Crippen molar-refractivity contribution in [1.29, 1.82) is 0 Å². The van der Waals surface area contributed by atoms with Crippen molar-refractivity contribution in [2.45, 2.75) is 6.61 Å². The largest absolute Gasteiger partial charge is 0.497 e. The molecule has 1 aromatic heterocycles. The summed E-state index contributed by atoms with van der Waals surface area (Å²) in [7, 11) is 1.56. The van der Waals surface area contributed by atoms with Gasteiger partial charge in [-0.05, 0) is 36.4 Å². The summed E-state index contributed by atoms with van der Waals surface area (Å²) < 4.78 is 28.6. The molecule has 7 heteroatoms. The summed E-state index contributed by atoms with van der Waals surface area (Å²) in [4.78, 5) is 11.9. The van der Waals surface area contributed by atoms with E-state index in [1.165, 1.54) is 12.1 Å². The molecule has 3 aromatic rings. The molecular formula is C19H17FN2O4. The normalized spacial score (nSPS) is 10.5. The van der Waals surface area contributed by atoms with Gasteiger partial charge in [0.2, 0.25) is 5.91 Å². The second-order valence-corrected chi connectivity index (χ2v) is 5.46. The third-order valence-corrected chi connectivity index (χ3v) is 3.52. The number of nitrogens with zero attached hydrogens (tertiary/aromatic N) is 1. The Hall–Kier alpha value is -3.19. The van der Waals surface area contributed by atoms with E-state index in [1.54, 1.807) is 49.6 Å². The Balaban J connectivity index is 1.48. The van der Waals surface area contributed by atoms with Gasteiger partial charge in [0.25, 0.3) is 0 Å². The van der Waals surface area contributed by atoms with E-state index in [1.807, 2.05) is 0 Å². The van der Waals surface area contributed by atoms with Crippen LogP contribution in [0.3, 0.4) is 0 Å². The second-order valence-electron chi connectivity index (χ2n) is 5.46. The topological polar surface area (TPSA) is 73.6 Å². The Kier molecular flexibility index (Phi) is 5.60. The molecule has 0 aliphatic carbocycles. The molecule has 6 nitrogen and oxygen atoms in total. The van der Waals surface area contributed by atoms with Crippen LogP contribution in [-0.2, 0) is 16.1 Å². The van der Waals surface area contributed by atoms with Gasteiger partial charge < -0.3 is 19.3 Å². The third-order valence-electron chi connectivity index (χ3n) is 3.52. The van der Waals surface area contributed by atoms with Crippen LogP contribution in [0.4, 0.5) is 10.1 Å². The third kappa shape index (κ3) is 4.67. The van der Waals surface area contributed by atoms with Crippen molar-refractivity contribution >= 4 is 11.6 Å². The minimum absolute atomic E-state index is 0.121. The molecule has 3 rings (SSSR count). The van der Waals surface area contributed by atoms with Gasteiger partial charge in [0.05, 0.1) is 13.7 Å². The first-order chi connectivity index (χ1) is 12.6. The lowest BCUT2D eigenvalue weighted by atomic mass is 10.1. The van der Waals surface area contributed by atoms with Gasteiger partial charge in [0, 0.05) is 23.4 Å². The highest BCUT2D eigenvalue weighted by molar-refractivity contribution is 5.91.